The van der Waals surface area contributed by atoms with Crippen LogP contribution < -0.4 is 0 Å². The van der Waals surface area contributed by atoms with Gasteiger partial charge in [0.15, 0.2) is 0 Å². The van der Waals surface area contributed by atoms with Crippen molar-refractivity contribution in [2.45, 2.75) is 54.0 Å². The molecule has 0 amide bonds. The fraction of sp³-hybridized carbons (Fsp3) is 0.345. The molecule has 1 unspecified atom stereocenters. The highest BCUT2D eigenvalue weighted by Gasteiger charge is 2.11. The summed E-state index contributed by atoms with van der Waals surface area (Å²) in [5, 5.41) is 5.33. The smallest absolute Gasteiger partial charge is 0.348 e. The number of carbonyl (C=O) groups is 1. The van der Waals surface area contributed by atoms with E-state index < -0.39 is 5.97 Å². The van der Waals surface area contributed by atoms with Gasteiger partial charge in [0, 0.05) is 43.1 Å². The summed E-state index contributed by atoms with van der Waals surface area (Å²) in [6.45, 7) is 10.9. The fourth-order valence-corrected chi connectivity index (χ4v) is 3.84. The lowest BCUT2D eigenvalue weighted by Crippen LogP contribution is -2.16. The molecule has 0 radical (unpaired) electrons. The van der Waals surface area contributed by atoms with Crippen molar-refractivity contribution in [3.8, 4) is 0 Å². The monoisotopic (exact) mass is 472 g/mol. The number of hydrogen-bond donors (Lipinski definition) is 0. The zero-order chi connectivity index (χ0) is 25.4. The summed E-state index contributed by atoms with van der Waals surface area (Å²) in [6, 6.07) is 18.1. The Labute approximate surface area is 208 Å². The van der Waals surface area contributed by atoms with E-state index in [4.69, 9.17) is 4.84 Å². The number of rotatable bonds is 7. The van der Waals surface area contributed by atoms with E-state index in [0.717, 1.165) is 30.9 Å². The van der Waals surface area contributed by atoms with E-state index in [1.54, 1.807) is 18.3 Å². The molecule has 35 heavy (non-hydrogen) atoms. The summed E-state index contributed by atoms with van der Waals surface area (Å²) in [7, 11) is 2.13. The Balaban J connectivity index is 0.000000237. The second-order valence-corrected chi connectivity index (χ2v) is 8.80. The van der Waals surface area contributed by atoms with E-state index in [1.807, 2.05) is 39.1 Å². The molecule has 0 spiro atoms. The Morgan fingerprint density at radius 2 is 1.80 bits per heavy atom. The molecule has 4 rings (SSSR count). The Hall–Kier alpha value is -3.67. The van der Waals surface area contributed by atoms with Gasteiger partial charge in [0.25, 0.3) is 0 Å². The van der Waals surface area contributed by atoms with Crippen molar-refractivity contribution in [2.75, 3.05) is 0 Å². The lowest BCUT2D eigenvalue weighted by atomic mass is 10.1. The van der Waals surface area contributed by atoms with E-state index >= 15 is 0 Å². The SMILES string of the molecule is CCc1cc2ccccc2n1C.CCc1ccc(C(=O)O/N=C(/C)C(C)Cn2ccnc2C)cc1. The number of aromatic nitrogens is 3. The Morgan fingerprint density at radius 3 is 2.40 bits per heavy atom. The first-order valence-electron chi connectivity index (χ1n) is 12.2. The van der Waals surface area contributed by atoms with E-state index in [0.29, 0.717) is 5.56 Å². The van der Waals surface area contributed by atoms with Gasteiger partial charge in [-0.3, -0.25) is 0 Å². The molecule has 0 aliphatic rings. The first kappa shape index (κ1) is 25.9. The average Bonchev–Trinajstić information content (AvgIpc) is 3.44. The number of aryl methyl sites for hydroxylation is 4. The van der Waals surface area contributed by atoms with Gasteiger partial charge >= 0.3 is 5.97 Å². The fourth-order valence-electron chi connectivity index (χ4n) is 3.84. The first-order valence-corrected chi connectivity index (χ1v) is 12.2. The Bertz CT molecular complexity index is 1280. The predicted octanol–water partition coefficient (Wildman–Crippen LogP) is 6.36. The second kappa shape index (κ2) is 12.2. The van der Waals surface area contributed by atoms with Gasteiger partial charge in [0.2, 0.25) is 0 Å². The second-order valence-electron chi connectivity index (χ2n) is 8.80. The molecule has 184 valence electrons. The molecule has 0 saturated heterocycles. The minimum atomic E-state index is -0.432. The molecule has 1 atom stereocenters. The quantitative estimate of drug-likeness (QED) is 0.178. The van der Waals surface area contributed by atoms with Crippen LogP contribution in [0.15, 0.2) is 72.1 Å². The summed E-state index contributed by atoms with van der Waals surface area (Å²) < 4.78 is 4.31. The number of nitrogens with zero attached hydrogens (tertiary/aromatic N) is 4. The number of hydrogen-bond acceptors (Lipinski definition) is 4. The van der Waals surface area contributed by atoms with Crippen molar-refractivity contribution in [2.24, 2.45) is 18.1 Å². The number of carbonyl (C=O) groups excluding carboxylic acids is 1. The van der Waals surface area contributed by atoms with Crippen LogP contribution in [-0.2, 0) is 31.3 Å². The first-order chi connectivity index (χ1) is 16.8. The number of imidazole rings is 1. The lowest BCUT2D eigenvalue weighted by Gasteiger charge is -2.12. The van der Waals surface area contributed by atoms with Gasteiger partial charge in [-0.1, -0.05) is 56.3 Å². The molecule has 0 N–H and O–H groups in total. The van der Waals surface area contributed by atoms with E-state index in [9.17, 15) is 4.79 Å². The van der Waals surface area contributed by atoms with Crippen LogP contribution in [0.5, 0.6) is 0 Å². The highest BCUT2D eigenvalue weighted by molar-refractivity contribution is 5.90. The van der Waals surface area contributed by atoms with Crippen LogP contribution in [0.1, 0.15) is 55.1 Å². The third-order valence-electron chi connectivity index (χ3n) is 6.39. The zero-order valence-electron chi connectivity index (χ0n) is 21.7. The number of oxime groups is 1. The maximum absolute atomic E-state index is 12.0. The Kier molecular flexibility index (Phi) is 9.01. The highest BCUT2D eigenvalue weighted by atomic mass is 16.7. The molecule has 0 saturated carbocycles. The molecule has 6 nitrogen and oxygen atoms in total. The van der Waals surface area contributed by atoms with Gasteiger partial charge in [0.05, 0.1) is 11.3 Å². The van der Waals surface area contributed by atoms with Gasteiger partial charge < -0.3 is 14.0 Å². The third kappa shape index (κ3) is 6.69. The molecule has 0 aliphatic heterocycles. The zero-order valence-corrected chi connectivity index (χ0v) is 21.7. The van der Waals surface area contributed by atoms with Crippen molar-refractivity contribution in [1.82, 2.24) is 14.1 Å². The largest absolute Gasteiger partial charge is 0.365 e. The minimum absolute atomic E-state index is 0.151. The topological polar surface area (TPSA) is 61.4 Å². The van der Waals surface area contributed by atoms with Gasteiger partial charge in [-0.15, -0.1) is 0 Å². The van der Waals surface area contributed by atoms with E-state index in [1.165, 1.54) is 22.2 Å². The maximum Gasteiger partial charge on any atom is 0.365 e. The van der Waals surface area contributed by atoms with Crippen LogP contribution in [0, 0.1) is 12.8 Å². The maximum atomic E-state index is 12.0. The molecular weight excluding hydrogens is 436 g/mol. The number of fused-ring (bicyclic) bond motifs is 1. The van der Waals surface area contributed by atoms with Crippen molar-refractivity contribution < 1.29 is 9.63 Å². The molecule has 2 heterocycles. The van der Waals surface area contributed by atoms with Crippen LogP contribution in [0.25, 0.3) is 10.9 Å². The summed E-state index contributed by atoms with van der Waals surface area (Å²) in [4.78, 5) is 21.3. The van der Waals surface area contributed by atoms with E-state index in [-0.39, 0.29) is 5.92 Å². The minimum Gasteiger partial charge on any atom is -0.348 e. The van der Waals surface area contributed by atoms with Crippen LogP contribution in [0.2, 0.25) is 0 Å². The van der Waals surface area contributed by atoms with Crippen molar-refractivity contribution >= 4 is 22.6 Å². The molecule has 6 heteroatoms. The summed E-state index contributed by atoms with van der Waals surface area (Å²) in [6.07, 6.45) is 5.75. The predicted molar refractivity (Wildman–Crippen MR) is 143 cm³/mol. The average molecular weight is 473 g/mol. The van der Waals surface area contributed by atoms with Gasteiger partial charge in [-0.25, -0.2) is 9.78 Å². The van der Waals surface area contributed by atoms with Crippen molar-refractivity contribution in [1.29, 1.82) is 0 Å². The van der Waals surface area contributed by atoms with Crippen molar-refractivity contribution in [3.63, 3.8) is 0 Å². The van der Waals surface area contributed by atoms with Gasteiger partial charge in [-0.05, 0) is 61.9 Å². The highest BCUT2D eigenvalue weighted by Crippen LogP contribution is 2.18. The van der Waals surface area contributed by atoms with Gasteiger partial charge in [0.1, 0.15) is 5.82 Å². The lowest BCUT2D eigenvalue weighted by molar-refractivity contribution is 0.0513. The molecule has 4 aromatic rings. The third-order valence-corrected chi connectivity index (χ3v) is 6.39. The van der Waals surface area contributed by atoms with Crippen LogP contribution in [0.3, 0.4) is 0 Å². The number of benzene rings is 2. The molecule has 2 aromatic carbocycles. The van der Waals surface area contributed by atoms with E-state index in [2.05, 4.69) is 70.5 Å². The summed E-state index contributed by atoms with van der Waals surface area (Å²) in [5.74, 6) is 0.675. The normalized spacial score (nSPS) is 12.2. The summed E-state index contributed by atoms with van der Waals surface area (Å²) in [5.41, 5.74) is 5.20. The van der Waals surface area contributed by atoms with Crippen LogP contribution in [0.4, 0.5) is 0 Å². The van der Waals surface area contributed by atoms with Crippen LogP contribution in [-0.4, -0.2) is 25.8 Å². The molecule has 2 aromatic heterocycles. The standard InChI is InChI=1S/C18H23N3O2.C11H13N/c1-5-16-6-8-17(9-7-16)18(22)23-20-14(3)13(2)12-21-11-10-19-15(21)4;1-3-10-8-9-6-4-5-7-11(9)12(10)2/h6-11,13H,5,12H2,1-4H3;4-8H,3H2,1-2H3/b20-14-;. The molecular formula is C29H36N4O2. The molecule has 0 aliphatic carbocycles. The summed E-state index contributed by atoms with van der Waals surface area (Å²) >= 11 is 0. The van der Waals surface area contributed by atoms with Crippen molar-refractivity contribution in [3.05, 3.63) is 89.6 Å². The molecule has 0 bridgehead atoms. The van der Waals surface area contributed by atoms with Gasteiger partial charge in [-0.2, -0.15) is 0 Å². The Morgan fingerprint density at radius 1 is 1.09 bits per heavy atom. The van der Waals surface area contributed by atoms with Crippen LogP contribution >= 0.6 is 0 Å². The molecule has 0 fully saturated rings. The number of para-hydroxylation sites is 1.